The molecule has 0 saturated carbocycles. The summed E-state index contributed by atoms with van der Waals surface area (Å²) in [5.41, 5.74) is 4.55. The largest absolute Gasteiger partial charge is 0.351 e. The summed E-state index contributed by atoms with van der Waals surface area (Å²) in [5, 5.41) is 4.25. The number of pyridine rings is 1. The molecule has 1 N–H and O–H groups in total. The number of hydrogen-bond donors (Lipinski definition) is 1. The van der Waals surface area contributed by atoms with Crippen molar-refractivity contribution in [1.29, 1.82) is 0 Å². The van der Waals surface area contributed by atoms with Crippen molar-refractivity contribution in [1.82, 2.24) is 14.9 Å². The summed E-state index contributed by atoms with van der Waals surface area (Å²) in [6.07, 6.45) is 6.21. The van der Waals surface area contributed by atoms with Crippen LogP contribution in [0.15, 0.2) is 67.1 Å². The van der Waals surface area contributed by atoms with Crippen molar-refractivity contribution >= 4 is 23.0 Å². The summed E-state index contributed by atoms with van der Waals surface area (Å²) >= 11 is 5.76. The third-order valence-electron chi connectivity index (χ3n) is 5.05. The molecule has 3 aromatic rings. The fraction of sp³-hybridized carbons (Fsp3) is 0.273. The fourth-order valence-corrected chi connectivity index (χ4v) is 4.02. The van der Waals surface area contributed by atoms with Gasteiger partial charge >= 0.3 is 0 Å². The molecule has 4 nitrogen and oxygen atoms in total. The van der Waals surface area contributed by atoms with Crippen LogP contribution in [0, 0.1) is 6.92 Å². The van der Waals surface area contributed by atoms with E-state index in [9.17, 15) is 0 Å². The zero-order valence-electron chi connectivity index (χ0n) is 15.8. The van der Waals surface area contributed by atoms with Crippen molar-refractivity contribution < 1.29 is 0 Å². The zero-order chi connectivity index (χ0) is 19.0. The summed E-state index contributed by atoms with van der Waals surface area (Å²) in [4.78, 5) is 6.83. The first-order valence-electron chi connectivity index (χ1n) is 9.29. The number of benzene rings is 1. The lowest BCUT2D eigenvalue weighted by Gasteiger charge is -2.27. The van der Waals surface area contributed by atoms with Crippen LogP contribution in [0.25, 0.3) is 0 Å². The molecular weight excluding hydrogens is 352 g/mol. The van der Waals surface area contributed by atoms with Crippen LogP contribution in [0.5, 0.6) is 0 Å². The monoisotopic (exact) mass is 376 g/mol. The maximum absolute atomic E-state index is 5.76. The van der Waals surface area contributed by atoms with Gasteiger partial charge < -0.3 is 14.8 Å². The Morgan fingerprint density at radius 3 is 2.63 bits per heavy atom. The standard InChI is InChI=1S/C22H24N4S/c1-15(2)25-12-10-17(14-25)21-20(19-9-4-5-11-23-19)24-22(27)26(21)18-8-6-7-16(3)13-18/h4-15,20-21H,1-3H3,(H,24,27)/t20-,21-/m0/s1. The van der Waals surface area contributed by atoms with Crippen LogP contribution in [-0.4, -0.2) is 14.7 Å². The van der Waals surface area contributed by atoms with Crippen molar-refractivity contribution in [3.63, 3.8) is 0 Å². The van der Waals surface area contributed by atoms with Crippen molar-refractivity contribution in [3.05, 3.63) is 83.9 Å². The Morgan fingerprint density at radius 1 is 1.11 bits per heavy atom. The summed E-state index contributed by atoms with van der Waals surface area (Å²) in [7, 11) is 0. The van der Waals surface area contributed by atoms with Crippen LogP contribution in [0.2, 0.25) is 0 Å². The maximum Gasteiger partial charge on any atom is 0.174 e. The molecule has 27 heavy (non-hydrogen) atoms. The molecule has 2 aromatic heterocycles. The van der Waals surface area contributed by atoms with Crippen molar-refractivity contribution in [2.75, 3.05) is 4.90 Å². The summed E-state index contributed by atoms with van der Waals surface area (Å²) in [6, 6.07) is 17.2. The van der Waals surface area contributed by atoms with Crippen LogP contribution in [0.4, 0.5) is 5.69 Å². The number of rotatable bonds is 4. The van der Waals surface area contributed by atoms with E-state index in [1.54, 1.807) is 0 Å². The van der Waals surface area contributed by atoms with Crippen molar-refractivity contribution in [2.24, 2.45) is 0 Å². The second kappa shape index (κ2) is 7.16. The molecule has 0 amide bonds. The van der Waals surface area contributed by atoms with E-state index in [-0.39, 0.29) is 12.1 Å². The molecule has 0 radical (unpaired) electrons. The van der Waals surface area contributed by atoms with E-state index < -0.39 is 0 Å². The Hall–Kier alpha value is -2.66. The second-order valence-electron chi connectivity index (χ2n) is 7.32. The zero-order valence-corrected chi connectivity index (χ0v) is 16.6. The highest BCUT2D eigenvalue weighted by Gasteiger charge is 2.41. The van der Waals surface area contributed by atoms with E-state index in [1.165, 1.54) is 11.1 Å². The van der Waals surface area contributed by atoms with Gasteiger partial charge in [0.25, 0.3) is 0 Å². The average Bonchev–Trinajstić information content (AvgIpc) is 3.27. The van der Waals surface area contributed by atoms with E-state index in [0.29, 0.717) is 6.04 Å². The van der Waals surface area contributed by atoms with Crippen molar-refractivity contribution in [3.8, 4) is 0 Å². The molecular formula is C22H24N4S. The minimum absolute atomic E-state index is 0.00206. The average molecular weight is 377 g/mol. The minimum atomic E-state index is 0.00206. The molecule has 1 aromatic carbocycles. The lowest BCUT2D eigenvalue weighted by molar-refractivity contribution is 0.560. The minimum Gasteiger partial charge on any atom is -0.351 e. The van der Waals surface area contributed by atoms with E-state index in [4.69, 9.17) is 12.2 Å². The quantitative estimate of drug-likeness (QED) is 0.653. The van der Waals surface area contributed by atoms with Gasteiger partial charge in [-0.3, -0.25) is 4.98 Å². The molecule has 1 aliphatic heterocycles. The molecule has 138 valence electrons. The molecule has 5 heteroatoms. The first-order valence-corrected chi connectivity index (χ1v) is 9.70. The van der Waals surface area contributed by atoms with Gasteiger partial charge in [0.15, 0.2) is 5.11 Å². The number of nitrogens with one attached hydrogen (secondary N) is 1. The van der Waals surface area contributed by atoms with Crippen molar-refractivity contribution in [2.45, 2.75) is 38.9 Å². The molecule has 0 unspecified atom stereocenters. The highest BCUT2D eigenvalue weighted by Crippen LogP contribution is 2.41. The van der Waals surface area contributed by atoms with E-state index >= 15 is 0 Å². The molecule has 1 aliphatic rings. The number of anilines is 1. The molecule has 0 spiro atoms. The van der Waals surface area contributed by atoms with E-state index in [0.717, 1.165) is 16.5 Å². The highest BCUT2D eigenvalue weighted by molar-refractivity contribution is 7.80. The third-order valence-corrected chi connectivity index (χ3v) is 5.37. The summed E-state index contributed by atoms with van der Waals surface area (Å²) < 4.78 is 2.24. The first kappa shape index (κ1) is 17.7. The normalized spacial score (nSPS) is 19.6. The second-order valence-corrected chi connectivity index (χ2v) is 7.71. The van der Waals surface area contributed by atoms with Gasteiger partial charge in [0.1, 0.15) is 0 Å². The summed E-state index contributed by atoms with van der Waals surface area (Å²) in [6.45, 7) is 6.49. The Bertz CT molecular complexity index is 948. The maximum atomic E-state index is 5.76. The Balaban J connectivity index is 1.82. The predicted octanol–water partition coefficient (Wildman–Crippen LogP) is 4.95. The van der Waals surface area contributed by atoms with Gasteiger partial charge in [-0.25, -0.2) is 0 Å². The first-order chi connectivity index (χ1) is 13.0. The molecule has 1 fully saturated rings. The lowest BCUT2D eigenvalue weighted by atomic mass is 9.98. The topological polar surface area (TPSA) is 33.1 Å². The third kappa shape index (κ3) is 3.35. The molecule has 0 aliphatic carbocycles. The number of hydrogen-bond acceptors (Lipinski definition) is 2. The van der Waals surface area contributed by atoms with E-state index in [2.05, 4.69) is 89.3 Å². The Morgan fingerprint density at radius 2 is 1.96 bits per heavy atom. The van der Waals surface area contributed by atoms with Gasteiger partial charge in [-0.15, -0.1) is 0 Å². The van der Waals surface area contributed by atoms with Gasteiger partial charge in [-0.2, -0.15) is 0 Å². The number of nitrogens with zero attached hydrogens (tertiary/aromatic N) is 3. The number of thiocarbonyl (C=S) groups is 1. The van der Waals surface area contributed by atoms with E-state index in [1.807, 2.05) is 18.3 Å². The molecule has 2 atom stereocenters. The highest BCUT2D eigenvalue weighted by atomic mass is 32.1. The Kier molecular flexibility index (Phi) is 4.70. The van der Waals surface area contributed by atoms with Crippen LogP contribution in [0.1, 0.15) is 48.8 Å². The van der Waals surface area contributed by atoms with Gasteiger partial charge in [0.2, 0.25) is 0 Å². The SMILES string of the molecule is Cc1cccc(N2C(=S)N[C@@H](c3ccccn3)[C@@H]2c2ccn(C(C)C)c2)c1. The number of aromatic nitrogens is 2. The molecule has 4 rings (SSSR count). The van der Waals surface area contributed by atoms with Crippen LogP contribution >= 0.6 is 12.2 Å². The van der Waals surface area contributed by atoms with Gasteiger partial charge in [0.05, 0.1) is 17.8 Å². The molecule has 1 saturated heterocycles. The summed E-state index contributed by atoms with van der Waals surface area (Å²) in [5.74, 6) is 0. The smallest absolute Gasteiger partial charge is 0.174 e. The predicted molar refractivity (Wildman–Crippen MR) is 114 cm³/mol. The lowest BCUT2D eigenvalue weighted by Crippen LogP contribution is -2.29. The van der Waals surface area contributed by atoms with Crippen LogP contribution in [0.3, 0.4) is 0 Å². The Labute approximate surface area is 165 Å². The number of aryl methyl sites for hydroxylation is 1. The van der Waals surface area contributed by atoms with Crippen LogP contribution in [-0.2, 0) is 0 Å². The van der Waals surface area contributed by atoms with Gasteiger partial charge in [-0.1, -0.05) is 18.2 Å². The van der Waals surface area contributed by atoms with Gasteiger partial charge in [-0.05, 0) is 74.4 Å². The fourth-order valence-electron chi connectivity index (χ4n) is 3.68. The van der Waals surface area contributed by atoms with Gasteiger partial charge in [0, 0.05) is 30.3 Å². The molecule has 3 heterocycles. The van der Waals surface area contributed by atoms with Crippen LogP contribution < -0.4 is 10.2 Å². The molecule has 0 bridgehead atoms.